The zero-order valence-corrected chi connectivity index (χ0v) is 23.8. The average Bonchev–Trinajstić information content (AvgIpc) is 3.15. The molecular formula is C30H51NO5. The lowest BCUT2D eigenvalue weighted by Gasteiger charge is -2.64. The SMILES string of the molecule is CCOC1C[C@@]2(C)C(CC[C@@H]3[C@H]2C(NCCC(C)C)C[C@]2(C)C(C(=O)OC)CC[C@@H]32)CC1OC(C)=O. The van der Waals surface area contributed by atoms with E-state index in [9.17, 15) is 9.59 Å². The van der Waals surface area contributed by atoms with E-state index in [4.69, 9.17) is 14.2 Å². The van der Waals surface area contributed by atoms with Gasteiger partial charge < -0.3 is 19.5 Å². The highest BCUT2D eigenvalue weighted by atomic mass is 16.6. The van der Waals surface area contributed by atoms with Crippen molar-refractivity contribution in [1.29, 1.82) is 0 Å². The van der Waals surface area contributed by atoms with Crippen LogP contribution in [0.25, 0.3) is 0 Å². The smallest absolute Gasteiger partial charge is 0.309 e. The van der Waals surface area contributed by atoms with E-state index in [-0.39, 0.29) is 40.9 Å². The molecule has 4 aliphatic carbocycles. The number of ether oxygens (including phenoxy) is 3. The van der Waals surface area contributed by atoms with Gasteiger partial charge in [-0.3, -0.25) is 9.59 Å². The van der Waals surface area contributed by atoms with Crippen molar-refractivity contribution >= 4 is 11.9 Å². The summed E-state index contributed by atoms with van der Waals surface area (Å²) in [5.41, 5.74) is 0.112. The third kappa shape index (κ3) is 4.98. The number of hydrogen-bond acceptors (Lipinski definition) is 6. The highest BCUT2D eigenvalue weighted by Gasteiger charge is 2.65. The molecule has 4 rings (SSSR count). The summed E-state index contributed by atoms with van der Waals surface area (Å²) >= 11 is 0. The van der Waals surface area contributed by atoms with Crippen LogP contribution >= 0.6 is 0 Å². The largest absolute Gasteiger partial charge is 0.469 e. The number of rotatable bonds is 8. The zero-order valence-electron chi connectivity index (χ0n) is 23.8. The predicted molar refractivity (Wildman–Crippen MR) is 140 cm³/mol. The first-order valence-electron chi connectivity index (χ1n) is 14.6. The minimum atomic E-state index is -0.205. The molecule has 4 fully saturated rings. The monoisotopic (exact) mass is 505 g/mol. The first kappa shape index (κ1) is 27.9. The maximum atomic E-state index is 12.9. The first-order chi connectivity index (χ1) is 17.0. The molecule has 0 aromatic heterocycles. The van der Waals surface area contributed by atoms with Crippen molar-refractivity contribution in [2.75, 3.05) is 20.3 Å². The molecule has 0 bridgehead atoms. The van der Waals surface area contributed by atoms with Crippen molar-refractivity contribution in [3.63, 3.8) is 0 Å². The van der Waals surface area contributed by atoms with Crippen LogP contribution in [0, 0.1) is 46.3 Å². The van der Waals surface area contributed by atoms with Gasteiger partial charge in [-0.1, -0.05) is 27.7 Å². The molecule has 1 N–H and O–H groups in total. The Bertz CT molecular complexity index is 800. The van der Waals surface area contributed by atoms with E-state index < -0.39 is 0 Å². The van der Waals surface area contributed by atoms with Crippen LogP contribution in [0.15, 0.2) is 0 Å². The van der Waals surface area contributed by atoms with E-state index in [2.05, 4.69) is 33.0 Å². The van der Waals surface area contributed by atoms with Crippen molar-refractivity contribution in [2.24, 2.45) is 46.3 Å². The molecule has 0 aliphatic heterocycles. The molecule has 6 nitrogen and oxygen atoms in total. The maximum absolute atomic E-state index is 12.9. The molecule has 6 heteroatoms. The molecule has 0 aromatic rings. The molecule has 5 unspecified atom stereocenters. The maximum Gasteiger partial charge on any atom is 0.309 e. The van der Waals surface area contributed by atoms with E-state index in [1.165, 1.54) is 19.8 Å². The van der Waals surface area contributed by atoms with E-state index in [0.29, 0.717) is 42.2 Å². The van der Waals surface area contributed by atoms with E-state index in [0.717, 1.165) is 45.1 Å². The molecule has 0 aromatic carbocycles. The molecule has 0 spiro atoms. The lowest BCUT2D eigenvalue weighted by atomic mass is 9.43. The fraction of sp³-hybridized carbons (Fsp3) is 0.933. The second-order valence-electron chi connectivity index (χ2n) is 13.3. The molecule has 4 aliphatic rings. The molecule has 206 valence electrons. The lowest BCUT2D eigenvalue weighted by Crippen LogP contribution is -2.64. The predicted octanol–water partition coefficient (Wildman–Crippen LogP) is 5.38. The van der Waals surface area contributed by atoms with Crippen molar-refractivity contribution in [2.45, 2.75) is 111 Å². The third-order valence-corrected chi connectivity index (χ3v) is 10.9. The number of carbonyl (C=O) groups is 2. The molecule has 0 heterocycles. The normalized spacial score (nSPS) is 43.9. The summed E-state index contributed by atoms with van der Waals surface area (Å²) in [4.78, 5) is 24.8. The van der Waals surface area contributed by atoms with E-state index >= 15 is 0 Å². The molecule has 0 saturated heterocycles. The third-order valence-electron chi connectivity index (χ3n) is 10.9. The summed E-state index contributed by atoms with van der Waals surface area (Å²) in [5.74, 6) is 2.67. The highest BCUT2D eigenvalue weighted by molar-refractivity contribution is 5.74. The quantitative estimate of drug-likeness (QED) is 0.447. The Hall–Kier alpha value is -1.14. The van der Waals surface area contributed by atoms with Crippen LogP contribution in [0.4, 0.5) is 0 Å². The summed E-state index contributed by atoms with van der Waals surface area (Å²) in [5, 5.41) is 4.04. The van der Waals surface area contributed by atoms with E-state index in [1.54, 1.807) is 7.11 Å². The molecular weight excluding hydrogens is 454 g/mol. The van der Waals surface area contributed by atoms with Crippen LogP contribution in [-0.2, 0) is 23.8 Å². The summed E-state index contributed by atoms with van der Waals surface area (Å²) in [7, 11) is 1.55. The Morgan fingerprint density at radius 3 is 2.42 bits per heavy atom. The van der Waals surface area contributed by atoms with Crippen LogP contribution in [0.1, 0.15) is 92.9 Å². The van der Waals surface area contributed by atoms with Gasteiger partial charge in [-0.2, -0.15) is 0 Å². The van der Waals surface area contributed by atoms with Gasteiger partial charge >= 0.3 is 11.9 Å². The van der Waals surface area contributed by atoms with Gasteiger partial charge in [0.1, 0.15) is 6.10 Å². The van der Waals surface area contributed by atoms with Crippen LogP contribution in [0.3, 0.4) is 0 Å². The van der Waals surface area contributed by atoms with E-state index in [1.807, 2.05) is 6.92 Å². The van der Waals surface area contributed by atoms with Gasteiger partial charge in [0, 0.05) is 19.6 Å². The van der Waals surface area contributed by atoms with Crippen LogP contribution in [-0.4, -0.2) is 50.4 Å². The molecule has 10 atom stereocenters. The second kappa shape index (κ2) is 10.9. The number of fused-ring (bicyclic) bond motifs is 5. The first-order valence-corrected chi connectivity index (χ1v) is 14.6. The minimum absolute atomic E-state index is 0.00394. The fourth-order valence-electron chi connectivity index (χ4n) is 9.43. The second-order valence-corrected chi connectivity index (χ2v) is 13.3. The molecule has 4 saturated carbocycles. The zero-order chi connectivity index (χ0) is 26.3. The van der Waals surface area contributed by atoms with Crippen molar-refractivity contribution in [3.05, 3.63) is 0 Å². The van der Waals surface area contributed by atoms with Gasteiger partial charge in [-0.15, -0.1) is 0 Å². The number of methoxy groups -OCH3 is 1. The Morgan fingerprint density at radius 1 is 1.03 bits per heavy atom. The Balaban J connectivity index is 1.67. The summed E-state index contributed by atoms with van der Waals surface area (Å²) < 4.78 is 17.4. The van der Waals surface area contributed by atoms with Crippen LogP contribution in [0.5, 0.6) is 0 Å². The van der Waals surface area contributed by atoms with Crippen LogP contribution < -0.4 is 5.32 Å². The van der Waals surface area contributed by atoms with Gasteiger partial charge in [0.05, 0.1) is 19.1 Å². The number of esters is 2. The summed E-state index contributed by atoms with van der Waals surface area (Å²) in [6, 6.07) is 0.376. The molecule has 0 amide bonds. The Kier molecular flexibility index (Phi) is 8.46. The van der Waals surface area contributed by atoms with Crippen molar-refractivity contribution in [1.82, 2.24) is 5.32 Å². The number of nitrogens with one attached hydrogen (secondary N) is 1. The molecule has 36 heavy (non-hydrogen) atoms. The summed E-state index contributed by atoms with van der Waals surface area (Å²) in [6.45, 7) is 14.7. The Morgan fingerprint density at radius 2 is 1.78 bits per heavy atom. The van der Waals surface area contributed by atoms with Gasteiger partial charge in [0.25, 0.3) is 0 Å². The fourth-order valence-corrected chi connectivity index (χ4v) is 9.43. The van der Waals surface area contributed by atoms with Gasteiger partial charge in [-0.25, -0.2) is 0 Å². The van der Waals surface area contributed by atoms with Gasteiger partial charge in [-0.05, 0) is 105 Å². The Labute approximate surface area is 219 Å². The average molecular weight is 506 g/mol. The standard InChI is InChI=1S/C30H51NO5/c1-8-35-26-17-29(5)20(15-25(26)36-19(4)32)9-10-21-22-11-12-23(28(33)34-7)30(22,6)16-24(27(21)29)31-14-13-18(2)3/h18,20-27,31H,8-17H2,1-7H3/t20?,21-,22-,23?,24?,25?,26?,27-,29-,30-/m0/s1. The number of hydrogen-bond donors (Lipinski definition) is 1. The topological polar surface area (TPSA) is 73.9 Å². The van der Waals surface area contributed by atoms with Crippen molar-refractivity contribution < 1.29 is 23.8 Å². The van der Waals surface area contributed by atoms with Gasteiger partial charge in [0.15, 0.2) is 0 Å². The summed E-state index contributed by atoms with van der Waals surface area (Å²) in [6.07, 6.45) is 8.29. The highest BCUT2D eigenvalue weighted by Crippen LogP contribution is 2.67. The minimum Gasteiger partial charge on any atom is -0.469 e. The van der Waals surface area contributed by atoms with Crippen LogP contribution in [0.2, 0.25) is 0 Å². The van der Waals surface area contributed by atoms with Crippen molar-refractivity contribution in [3.8, 4) is 0 Å². The van der Waals surface area contributed by atoms with Gasteiger partial charge in [0.2, 0.25) is 0 Å². The lowest BCUT2D eigenvalue weighted by molar-refractivity contribution is -0.195. The number of carbonyl (C=O) groups excluding carboxylic acids is 2. The molecule has 0 radical (unpaired) electrons.